The first-order valence-electron chi connectivity index (χ1n) is 9.82. The summed E-state index contributed by atoms with van der Waals surface area (Å²) in [5.74, 6) is -4.51. The number of hydrogen-bond donors (Lipinski definition) is 5. The van der Waals surface area contributed by atoms with Crippen molar-refractivity contribution in [3.8, 4) is 0 Å². The monoisotopic (exact) mass is 518 g/mol. The van der Waals surface area contributed by atoms with Crippen molar-refractivity contribution in [2.75, 3.05) is 12.3 Å². The number of hydrogen-bond acceptors (Lipinski definition) is 11. The third-order valence-electron chi connectivity index (χ3n) is 5.25. The molecule has 186 valence electrons. The van der Waals surface area contributed by atoms with E-state index in [0.717, 1.165) is 11.3 Å². The molecule has 1 unspecified atom stereocenters. The van der Waals surface area contributed by atoms with E-state index in [-0.39, 0.29) is 27.5 Å². The number of anilines is 1. The molecule has 0 aliphatic carbocycles. The number of aromatic nitrogens is 1. The number of carbonyl (C=O) groups excluding carboxylic acids is 3. The first-order valence-corrected chi connectivity index (χ1v) is 12.1. The van der Waals surface area contributed by atoms with E-state index in [9.17, 15) is 37.3 Å². The summed E-state index contributed by atoms with van der Waals surface area (Å²) >= 11 is 0.957. The van der Waals surface area contributed by atoms with Gasteiger partial charge in [0.15, 0.2) is 10.8 Å². The number of rotatable bonds is 9. The minimum absolute atomic E-state index is 0.0652. The zero-order valence-electron chi connectivity index (χ0n) is 17.9. The van der Waals surface area contributed by atoms with Crippen LogP contribution < -0.4 is 16.4 Å². The Hall–Kier alpha value is -3.31. The lowest BCUT2D eigenvalue weighted by atomic mass is 9.88. The lowest BCUT2D eigenvalue weighted by molar-refractivity contribution is -0.161. The number of β-lactam (4-membered cyclic amide) rings is 1. The summed E-state index contributed by atoms with van der Waals surface area (Å²) in [5.41, 5.74) is 3.18. The van der Waals surface area contributed by atoms with Crippen molar-refractivity contribution in [3.63, 3.8) is 0 Å². The van der Waals surface area contributed by atoms with Crippen molar-refractivity contribution in [2.45, 2.75) is 44.4 Å². The van der Waals surface area contributed by atoms with Crippen LogP contribution in [0.25, 0.3) is 0 Å². The van der Waals surface area contributed by atoms with Gasteiger partial charge in [0.2, 0.25) is 11.5 Å². The van der Waals surface area contributed by atoms with E-state index in [1.165, 1.54) is 19.2 Å². The molecule has 3 rings (SSSR count). The predicted molar refractivity (Wildman–Crippen MR) is 116 cm³/mol. The highest BCUT2D eigenvalue weighted by molar-refractivity contribution is 7.84. The van der Waals surface area contributed by atoms with Gasteiger partial charge >= 0.3 is 16.3 Å². The van der Waals surface area contributed by atoms with Crippen LogP contribution in [0.15, 0.2) is 10.5 Å². The molecule has 15 nitrogen and oxygen atoms in total. The Kier molecular flexibility index (Phi) is 6.81. The third kappa shape index (κ3) is 5.10. The second-order valence-electron chi connectivity index (χ2n) is 8.06. The summed E-state index contributed by atoms with van der Waals surface area (Å²) in [6, 6.07) is -2.66. The molecule has 1 aromatic heterocycles. The molecule has 3 amide bonds. The van der Waals surface area contributed by atoms with Crippen molar-refractivity contribution in [3.05, 3.63) is 11.1 Å². The Morgan fingerprint density at radius 1 is 1.44 bits per heavy atom. The number of nitrogens with one attached hydrogen (secondary N) is 2. The minimum atomic E-state index is -4.95. The fourth-order valence-corrected chi connectivity index (χ4v) is 4.80. The molecule has 2 fully saturated rings. The minimum Gasteiger partial charge on any atom is -0.478 e. The molecule has 3 heterocycles. The summed E-state index contributed by atoms with van der Waals surface area (Å²) in [4.78, 5) is 57.6. The van der Waals surface area contributed by atoms with Gasteiger partial charge in [0.1, 0.15) is 11.7 Å². The largest absolute Gasteiger partial charge is 0.478 e. The Morgan fingerprint density at radius 2 is 2.12 bits per heavy atom. The lowest BCUT2D eigenvalue weighted by Crippen LogP contribution is -2.72. The van der Waals surface area contributed by atoms with Crippen LogP contribution in [0.2, 0.25) is 0 Å². The summed E-state index contributed by atoms with van der Waals surface area (Å²) < 4.78 is 33.0. The number of aliphatic carboxylic acids is 1. The average Bonchev–Trinajstić information content (AvgIpc) is 3.32. The van der Waals surface area contributed by atoms with E-state index < -0.39 is 57.4 Å². The first-order chi connectivity index (χ1) is 15.7. The van der Waals surface area contributed by atoms with E-state index in [1.54, 1.807) is 0 Å². The molecule has 17 heteroatoms. The van der Waals surface area contributed by atoms with Gasteiger partial charge in [0.25, 0.3) is 11.8 Å². The van der Waals surface area contributed by atoms with Crippen molar-refractivity contribution >= 4 is 56.2 Å². The van der Waals surface area contributed by atoms with E-state index in [4.69, 9.17) is 10.6 Å². The average molecular weight is 519 g/mol. The number of amides is 3. The molecule has 2 aliphatic heterocycles. The highest BCUT2D eigenvalue weighted by Crippen LogP contribution is 2.31. The number of carboxylic acid groups (broad SMARTS) is 1. The summed E-state index contributed by atoms with van der Waals surface area (Å²) in [7, 11) is -4.95. The summed E-state index contributed by atoms with van der Waals surface area (Å²) in [6.07, 6.45) is 0.243. The quantitative estimate of drug-likeness (QED) is 0.107. The molecule has 0 radical (unpaired) electrons. The molecule has 1 aromatic rings. The van der Waals surface area contributed by atoms with Gasteiger partial charge in [-0.2, -0.15) is 8.42 Å². The fourth-order valence-electron chi connectivity index (χ4n) is 3.36. The van der Waals surface area contributed by atoms with Crippen LogP contribution in [0.4, 0.5) is 5.13 Å². The number of nitrogen functional groups attached to an aromatic ring is 1. The highest BCUT2D eigenvalue weighted by Gasteiger charge is 2.55. The van der Waals surface area contributed by atoms with E-state index in [0.29, 0.717) is 13.0 Å². The Labute approximate surface area is 197 Å². The van der Waals surface area contributed by atoms with Crippen molar-refractivity contribution in [1.29, 1.82) is 0 Å². The molecule has 6 N–H and O–H groups in total. The predicted octanol–water partition coefficient (Wildman–Crippen LogP) is -1.67. The second kappa shape index (κ2) is 9.15. The standard InChI is InChI=1S/C17H22N6O9S2/c1-17(2,15(27)28)32-22-10(8-6-33-16(18)20-8)13(25)21-11-9(5-7-3-4-19-12(7)24)23(14(11)26)34(29,30)31/h6-7,9,11H,3-5H2,1-2H3,(H2,18,20)(H,19,24)(H,21,25)(H,27,28)(H,29,30,31)/b22-10-/t7?,9-,11+/m1/s1. The molecule has 3 atom stereocenters. The smallest absolute Gasteiger partial charge is 0.362 e. The van der Waals surface area contributed by atoms with Crippen molar-refractivity contribution < 1.29 is 42.1 Å². The number of carboxylic acids is 1. The normalized spacial score (nSPS) is 23.3. The molecule has 0 bridgehead atoms. The van der Waals surface area contributed by atoms with Crippen LogP contribution >= 0.6 is 11.3 Å². The highest BCUT2D eigenvalue weighted by atomic mass is 32.2. The number of carbonyl (C=O) groups is 4. The number of nitrogens with two attached hydrogens (primary N) is 1. The number of thiazole rings is 1. The van der Waals surface area contributed by atoms with Crippen molar-refractivity contribution in [2.24, 2.45) is 11.1 Å². The number of nitrogens with zero attached hydrogens (tertiary/aromatic N) is 3. The Bertz CT molecular complexity index is 1160. The van der Waals surface area contributed by atoms with Crippen LogP contribution in [0.5, 0.6) is 0 Å². The van der Waals surface area contributed by atoms with Gasteiger partial charge in [-0.25, -0.2) is 14.1 Å². The molecule has 34 heavy (non-hydrogen) atoms. The maximum atomic E-state index is 13.0. The van der Waals surface area contributed by atoms with Crippen LogP contribution in [-0.2, 0) is 34.3 Å². The van der Waals surface area contributed by atoms with Gasteiger partial charge < -0.3 is 26.3 Å². The molecule has 0 spiro atoms. The first kappa shape index (κ1) is 25.3. The van der Waals surface area contributed by atoms with E-state index in [2.05, 4.69) is 20.8 Å². The van der Waals surface area contributed by atoms with Gasteiger partial charge in [0, 0.05) is 17.8 Å². The van der Waals surface area contributed by atoms with Gasteiger partial charge in [-0.1, -0.05) is 5.16 Å². The van der Waals surface area contributed by atoms with Gasteiger partial charge in [-0.05, 0) is 26.7 Å². The van der Waals surface area contributed by atoms with Crippen LogP contribution in [-0.4, -0.2) is 81.0 Å². The molecule has 0 aromatic carbocycles. The summed E-state index contributed by atoms with van der Waals surface area (Å²) in [6.45, 7) is 2.74. The maximum Gasteiger partial charge on any atom is 0.362 e. The molecular weight excluding hydrogens is 496 g/mol. The maximum absolute atomic E-state index is 13.0. The SMILES string of the molecule is CC(C)(O/N=C(\C(=O)N[C@@H]1C(=O)N(S(=O)(=O)O)[C@@H]1CC1CCNC1=O)c1csc(N)n1)C(=O)O. The molecular formula is C17H22N6O9S2. The second-order valence-corrected chi connectivity index (χ2v) is 10.2. The van der Waals surface area contributed by atoms with Gasteiger partial charge in [-0.3, -0.25) is 18.9 Å². The Balaban J connectivity index is 1.87. The van der Waals surface area contributed by atoms with Gasteiger partial charge in [-0.15, -0.1) is 11.3 Å². The lowest BCUT2D eigenvalue weighted by Gasteiger charge is -2.44. The molecule has 2 saturated heterocycles. The Morgan fingerprint density at radius 3 is 2.62 bits per heavy atom. The molecule has 0 saturated carbocycles. The number of oxime groups is 1. The van der Waals surface area contributed by atoms with E-state index >= 15 is 0 Å². The van der Waals surface area contributed by atoms with Crippen LogP contribution in [0.1, 0.15) is 32.4 Å². The van der Waals surface area contributed by atoms with Crippen LogP contribution in [0.3, 0.4) is 0 Å². The summed E-state index contributed by atoms with van der Waals surface area (Å²) in [5, 5.41) is 19.1. The third-order valence-corrected chi connectivity index (χ3v) is 6.87. The van der Waals surface area contributed by atoms with Crippen molar-refractivity contribution in [1.82, 2.24) is 19.9 Å². The fraction of sp³-hybridized carbons (Fsp3) is 0.529. The zero-order chi connectivity index (χ0) is 25.4. The molecule has 2 aliphatic rings. The van der Waals surface area contributed by atoms with Crippen LogP contribution in [0, 0.1) is 5.92 Å². The zero-order valence-corrected chi connectivity index (χ0v) is 19.6. The van der Waals surface area contributed by atoms with Gasteiger partial charge in [0.05, 0.1) is 6.04 Å². The topological polar surface area (TPSA) is 231 Å². The van der Waals surface area contributed by atoms with E-state index in [1.807, 2.05) is 0 Å².